The topological polar surface area (TPSA) is 49.4 Å². The molecule has 0 radical (unpaired) electrons. The summed E-state index contributed by atoms with van der Waals surface area (Å²) < 4.78 is 0. The number of anilines is 1. The molecule has 1 aromatic rings. The van der Waals surface area contributed by atoms with E-state index in [-0.39, 0.29) is 23.6 Å². The molecule has 0 spiro atoms. The second-order valence-corrected chi connectivity index (χ2v) is 5.08. The number of hydrogen-bond acceptors (Lipinski definition) is 4. The lowest BCUT2D eigenvalue weighted by atomic mass is 10.3. The van der Waals surface area contributed by atoms with E-state index >= 15 is 0 Å². The van der Waals surface area contributed by atoms with Gasteiger partial charge in [-0.15, -0.1) is 0 Å². The number of carbonyl (C=O) groups is 2. The number of thioether (sulfide) groups is 1. The smallest absolute Gasteiger partial charge is 0.290 e. The zero-order chi connectivity index (χ0) is 12.4. The van der Waals surface area contributed by atoms with Gasteiger partial charge in [0, 0.05) is 5.69 Å². The molecule has 0 aliphatic carbocycles. The number of nitrogens with one attached hydrogen (secondary N) is 1. The lowest BCUT2D eigenvalue weighted by Gasteiger charge is -2.14. The molecular formula is C10H8Cl2N2O2S. The predicted octanol–water partition coefficient (Wildman–Crippen LogP) is 3.06. The Morgan fingerprint density at radius 2 is 2.06 bits per heavy atom. The van der Waals surface area contributed by atoms with E-state index in [0.29, 0.717) is 15.7 Å². The van der Waals surface area contributed by atoms with Gasteiger partial charge in [-0.25, -0.2) is 0 Å². The molecule has 7 heteroatoms. The molecule has 2 rings (SSSR count). The quantitative estimate of drug-likeness (QED) is 0.930. The molecule has 0 bridgehead atoms. The van der Waals surface area contributed by atoms with Gasteiger partial charge in [-0.1, -0.05) is 35.0 Å². The maximum absolute atomic E-state index is 11.3. The van der Waals surface area contributed by atoms with E-state index in [2.05, 4.69) is 5.32 Å². The highest BCUT2D eigenvalue weighted by Crippen LogP contribution is 2.25. The van der Waals surface area contributed by atoms with Crippen molar-refractivity contribution in [2.24, 2.45) is 0 Å². The average Bonchev–Trinajstić information content (AvgIpc) is 2.61. The van der Waals surface area contributed by atoms with Crippen LogP contribution in [0.4, 0.5) is 10.5 Å². The molecular weight excluding hydrogens is 283 g/mol. The monoisotopic (exact) mass is 290 g/mol. The molecule has 1 heterocycles. The Bertz CT molecular complexity index is 465. The summed E-state index contributed by atoms with van der Waals surface area (Å²) in [7, 11) is 0. The Morgan fingerprint density at radius 1 is 1.29 bits per heavy atom. The van der Waals surface area contributed by atoms with Crippen LogP contribution < -0.4 is 5.32 Å². The lowest BCUT2D eigenvalue weighted by Crippen LogP contribution is -2.33. The number of carbonyl (C=O) groups excluding carboxylic acids is 2. The molecule has 1 N–H and O–H groups in total. The first kappa shape index (κ1) is 12.5. The minimum Gasteiger partial charge on any atom is -0.367 e. The van der Waals surface area contributed by atoms with Gasteiger partial charge in [-0.05, 0) is 18.2 Å². The Morgan fingerprint density at radius 3 is 2.65 bits per heavy atom. The molecule has 4 nitrogen and oxygen atoms in total. The van der Waals surface area contributed by atoms with E-state index in [1.54, 1.807) is 18.2 Å². The molecule has 1 fully saturated rings. The number of benzene rings is 1. The highest BCUT2D eigenvalue weighted by Gasteiger charge is 2.29. The zero-order valence-corrected chi connectivity index (χ0v) is 10.9. The van der Waals surface area contributed by atoms with E-state index in [1.807, 2.05) is 0 Å². The summed E-state index contributed by atoms with van der Waals surface area (Å²) in [5.41, 5.74) is 0.705. The van der Waals surface area contributed by atoms with Gasteiger partial charge < -0.3 is 5.32 Å². The number of rotatable bonds is 3. The van der Waals surface area contributed by atoms with Crippen LogP contribution in [0.2, 0.25) is 10.0 Å². The van der Waals surface area contributed by atoms with Crippen LogP contribution in [0.1, 0.15) is 0 Å². The Hall–Kier alpha value is -0.910. The lowest BCUT2D eigenvalue weighted by molar-refractivity contribution is -0.124. The van der Waals surface area contributed by atoms with Crippen molar-refractivity contribution in [1.82, 2.24) is 4.90 Å². The van der Waals surface area contributed by atoms with E-state index in [1.165, 1.54) is 0 Å². The summed E-state index contributed by atoms with van der Waals surface area (Å²) >= 11 is 12.6. The number of amides is 2. The molecule has 0 saturated carbocycles. The number of nitrogens with zero attached hydrogens (tertiary/aromatic N) is 1. The van der Waals surface area contributed by atoms with Gasteiger partial charge in [-0.3, -0.25) is 14.5 Å². The van der Waals surface area contributed by atoms with Crippen molar-refractivity contribution in [1.29, 1.82) is 0 Å². The van der Waals surface area contributed by atoms with Gasteiger partial charge in [0.1, 0.15) is 0 Å². The summed E-state index contributed by atoms with van der Waals surface area (Å²) in [6.45, 7) is 0.141. The molecule has 0 aromatic heterocycles. The van der Waals surface area contributed by atoms with Crippen molar-refractivity contribution in [2.45, 2.75) is 0 Å². The minimum atomic E-state index is -0.234. The van der Waals surface area contributed by atoms with Crippen LogP contribution in [-0.4, -0.2) is 28.5 Å². The van der Waals surface area contributed by atoms with Crippen molar-refractivity contribution in [3.63, 3.8) is 0 Å². The molecule has 0 unspecified atom stereocenters. The first-order valence-corrected chi connectivity index (χ1v) is 6.48. The normalized spacial score (nSPS) is 15.5. The van der Waals surface area contributed by atoms with Gasteiger partial charge in [0.05, 0.1) is 22.5 Å². The zero-order valence-electron chi connectivity index (χ0n) is 8.57. The molecule has 1 aliphatic rings. The van der Waals surface area contributed by atoms with Crippen LogP contribution >= 0.6 is 35.0 Å². The van der Waals surface area contributed by atoms with Gasteiger partial charge in [0.15, 0.2) is 0 Å². The Balaban J connectivity index is 2.00. The van der Waals surface area contributed by atoms with Crippen LogP contribution in [0.25, 0.3) is 0 Å². The summed E-state index contributed by atoms with van der Waals surface area (Å²) in [4.78, 5) is 23.8. The number of halogens is 2. The first-order valence-electron chi connectivity index (χ1n) is 4.74. The van der Waals surface area contributed by atoms with Crippen LogP contribution in [-0.2, 0) is 4.79 Å². The third-order valence-electron chi connectivity index (χ3n) is 2.20. The third kappa shape index (κ3) is 2.86. The van der Waals surface area contributed by atoms with E-state index in [9.17, 15) is 9.59 Å². The van der Waals surface area contributed by atoms with Crippen LogP contribution in [0.15, 0.2) is 18.2 Å². The largest absolute Gasteiger partial charge is 0.367 e. The highest BCUT2D eigenvalue weighted by atomic mass is 35.5. The van der Waals surface area contributed by atoms with E-state index in [4.69, 9.17) is 23.2 Å². The van der Waals surface area contributed by atoms with E-state index in [0.717, 1.165) is 16.7 Å². The fraction of sp³-hybridized carbons (Fsp3) is 0.200. The van der Waals surface area contributed by atoms with Crippen LogP contribution in [0, 0.1) is 0 Å². The molecule has 2 amide bonds. The summed E-state index contributed by atoms with van der Waals surface area (Å²) in [5.74, 6) is 0.0228. The molecule has 17 heavy (non-hydrogen) atoms. The maximum Gasteiger partial charge on any atom is 0.290 e. The summed E-state index contributed by atoms with van der Waals surface area (Å²) in [6.07, 6.45) is 0. The van der Waals surface area contributed by atoms with Crippen LogP contribution in [0.3, 0.4) is 0 Å². The highest BCUT2D eigenvalue weighted by molar-refractivity contribution is 8.14. The van der Waals surface area contributed by atoms with E-state index < -0.39 is 0 Å². The van der Waals surface area contributed by atoms with Crippen molar-refractivity contribution in [2.75, 3.05) is 17.7 Å². The maximum atomic E-state index is 11.3. The van der Waals surface area contributed by atoms with Gasteiger partial charge in [0.25, 0.3) is 5.24 Å². The predicted molar refractivity (Wildman–Crippen MR) is 69.7 cm³/mol. The standard InChI is InChI=1S/C10H8Cl2N2O2S/c11-7-2-1-6(3-8(7)12)13-5-14-9(15)4-17-10(14)16/h1-3,13H,4-5H2. The summed E-state index contributed by atoms with van der Waals surface area (Å²) in [5, 5.41) is 3.59. The van der Waals surface area contributed by atoms with Gasteiger partial charge >= 0.3 is 0 Å². The molecule has 1 aliphatic heterocycles. The molecule has 1 aromatic carbocycles. The van der Waals surface area contributed by atoms with Crippen molar-refractivity contribution in [3.8, 4) is 0 Å². The SMILES string of the molecule is O=C1CSC(=O)N1CNc1ccc(Cl)c(Cl)c1. The van der Waals surface area contributed by atoms with Crippen molar-refractivity contribution in [3.05, 3.63) is 28.2 Å². The fourth-order valence-corrected chi connectivity index (χ4v) is 2.33. The minimum absolute atomic E-state index is 0.141. The Labute approximate surface area is 112 Å². The van der Waals surface area contributed by atoms with Crippen molar-refractivity contribution < 1.29 is 9.59 Å². The van der Waals surface area contributed by atoms with Crippen LogP contribution in [0.5, 0.6) is 0 Å². The Kier molecular flexibility index (Phi) is 3.81. The summed E-state index contributed by atoms with van der Waals surface area (Å²) in [6, 6.07) is 5.02. The second kappa shape index (κ2) is 5.16. The van der Waals surface area contributed by atoms with Crippen molar-refractivity contribution >= 4 is 51.8 Å². The fourth-order valence-electron chi connectivity index (χ4n) is 1.31. The number of imide groups is 1. The average molecular weight is 291 g/mol. The first-order chi connectivity index (χ1) is 8.08. The van der Waals surface area contributed by atoms with Gasteiger partial charge in [-0.2, -0.15) is 0 Å². The second-order valence-electron chi connectivity index (χ2n) is 3.34. The van der Waals surface area contributed by atoms with Gasteiger partial charge in [0.2, 0.25) is 5.91 Å². The third-order valence-corrected chi connectivity index (χ3v) is 3.80. The molecule has 1 saturated heterocycles. The molecule has 0 atom stereocenters. The number of hydrogen-bond donors (Lipinski definition) is 1. The molecule has 90 valence electrons.